The first-order chi connectivity index (χ1) is 12.9. The summed E-state index contributed by atoms with van der Waals surface area (Å²) < 4.78 is 19.8. The van der Waals surface area contributed by atoms with Crippen molar-refractivity contribution in [3.8, 4) is 5.75 Å². The van der Waals surface area contributed by atoms with Crippen molar-refractivity contribution in [2.45, 2.75) is 32.5 Å². The summed E-state index contributed by atoms with van der Waals surface area (Å²) in [7, 11) is 0. The number of para-hydroxylation sites is 1. The van der Waals surface area contributed by atoms with Gasteiger partial charge in [-0.05, 0) is 66.3 Å². The maximum atomic E-state index is 13.1. The van der Waals surface area contributed by atoms with Gasteiger partial charge in [-0.1, -0.05) is 24.3 Å². The highest BCUT2D eigenvalue weighted by Crippen LogP contribution is 2.21. The smallest absolute Gasteiger partial charge is 0.260 e. The molecule has 0 spiro atoms. The Morgan fingerprint density at radius 1 is 1.11 bits per heavy atom. The molecular formula is C21H24FIN2O2. The predicted molar refractivity (Wildman–Crippen MR) is 112 cm³/mol. The third-order valence-corrected chi connectivity index (χ3v) is 5.81. The van der Waals surface area contributed by atoms with Crippen molar-refractivity contribution in [2.24, 2.45) is 0 Å². The Bertz CT molecular complexity index is 784. The summed E-state index contributed by atoms with van der Waals surface area (Å²) >= 11 is 2.20. The maximum Gasteiger partial charge on any atom is 0.260 e. The van der Waals surface area contributed by atoms with Gasteiger partial charge in [0.2, 0.25) is 0 Å². The largest absolute Gasteiger partial charge is 0.483 e. The number of ether oxygens (including phenoxy) is 1. The number of halogens is 2. The van der Waals surface area contributed by atoms with Crippen LogP contribution in [-0.4, -0.2) is 47.5 Å². The van der Waals surface area contributed by atoms with Crippen molar-refractivity contribution in [1.82, 2.24) is 9.80 Å². The highest BCUT2D eigenvalue weighted by atomic mass is 127. The molecule has 1 fully saturated rings. The van der Waals surface area contributed by atoms with Crippen molar-refractivity contribution in [2.75, 3.05) is 19.7 Å². The molecule has 2 atom stereocenters. The number of amides is 1. The second kappa shape index (κ2) is 9.01. The van der Waals surface area contributed by atoms with E-state index < -0.39 is 0 Å². The Balaban J connectivity index is 1.56. The summed E-state index contributed by atoms with van der Waals surface area (Å²) in [5.41, 5.74) is 1.08. The van der Waals surface area contributed by atoms with Gasteiger partial charge in [0, 0.05) is 31.7 Å². The third kappa shape index (κ3) is 5.19. The lowest BCUT2D eigenvalue weighted by Gasteiger charge is -2.44. The van der Waals surface area contributed by atoms with E-state index in [0.717, 1.165) is 28.0 Å². The molecule has 0 N–H and O–H groups in total. The van der Waals surface area contributed by atoms with Crippen LogP contribution in [0.4, 0.5) is 4.39 Å². The van der Waals surface area contributed by atoms with Gasteiger partial charge in [-0.15, -0.1) is 0 Å². The normalized spacial score (nSPS) is 20.5. The zero-order valence-corrected chi connectivity index (χ0v) is 17.7. The number of nitrogens with zero attached hydrogens (tertiary/aromatic N) is 2. The minimum atomic E-state index is -0.219. The molecule has 3 rings (SSSR count). The SMILES string of the molecule is CC1CN(C(=O)COc2ccccc2I)C(C)CN1Cc1ccc(F)cc1. The van der Waals surface area contributed by atoms with Crippen LogP contribution in [0.25, 0.3) is 0 Å². The van der Waals surface area contributed by atoms with Gasteiger partial charge in [0.1, 0.15) is 11.6 Å². The van der Waals surface area contributed by atoms with Crippen molar-refractivity contribution < 1.29 is 13.9 Å². The molecule has 0 bridgehead atoms. The van der Waals surface area contributed by atoms with Crippen LogP contribution in [0.15, 0.2) is 48.5 Å². The molecule has 2 aromatic carbocycles. The van der Waals surface area contributed by atoms with E-state index in [4.69, 9.17) is 4.74 Å². The number of carbonyl (C=O) groups excluding carboxylic acids is 1. The molecule has 27 heavy (non-hydrogen) atoms. The lowest BCUT2D eigenvalue weighted by Crippen LogP contribution is -2.58. The molecule has 0 saturated carbocycles. The molecule has 0 radical (unpaired) electrons. The van der Waals surface area contributed by atoms with Crippen LogP contribution < -0.4 is 4.74 Å². The van der Waals surface area contributed by atoms with Crippen molar-refractivity contribution in [3.63, 3.8) is 0 Å². The summed E-state index contributed by atoms with van der Waals surface area (Å²) in [5.74, 6) is 0.529. The number of piperazine rings is 1. The van der Waals surface area contributed by atoms with E-state index in [9.17, 15) is 9.18 Å². The van der Waals surface area contributed by atoms with E-state index in [1.807, 2.05) is 41.3 Å². The fourth-order valence-corrected chi connectivity index (χ4v) is 3.92. The van der Waals surface area contributed by atoms with Crippen LogP contribution in [0.3, 0.4) is 0 Å². The van der Waals surface area contributed by atoms with Crippen LogP contribution in [0.1, 0.15) is 19.4 Å². The molecule has 4 nitrogen and oxygen atoms in total. The average molecular weight is 482 g/mol. The highest BCUT2D eigenvalue weighted by Gasteiger charge is 2.32. The van der Waals surface area contributed by atoms with Crippen LogP contribution in [0.5, 0.6) is 5.75 Å². The first-order valence-electron chi connectivity index (χ1n) is 9.09. The van der Waals surface area contributed by atoms with Gasteiger partial charge in [0.25, 0.3) is 5.91 Å². The summed E-state index contributed by atoms with van der Waals surface area (Å²) in [6, 6.07) is 14.6. The van der Waals surface area contributed by atoms with Crippen molar-refractivity contribution in [1.29, 1.82) is 0 Å². The summed E-state index contributed by atoms with van der Waals surface area (Å²) in [4.78, 5) is 16.9. The number of carbonyl (C=O) groups is 1. The number of hydrogen-bond donors (Lipinski definition) is 0. The lowest BCUT2D eigenvalue weighted by molar-refractivity contribution is -0.139. The minimum absolute atomic E-state index is 0.00966. The Hall–Kier alpha value is -1.67. The standard InChI is InChI=1S/C21H24FIN2O2/c1-15-12-25(21(26)14-27-20-6-4-3-5-19(20)23)16(2)11-24(15)13-17-7-9-18(22)10-8-17/h3-10,15-16H,11-14H2,1-2H3. The molecule has 1 aliphatic heterocycles. The molecule has 2 aromatic rings. The van der Waals surface area contributed by atoms with E-state index in [1.54, 1.807) is 0 Å². The van der Waals surface area contributed by atoms with Gasteiger partial charge in [0.15, 0.2) is 6.61 Å². The van der Waals surface area contributed by atoms with E-state index in [-0.39, 0.29) is 30.4 Å². The molecule has 144 valence electrons. The summed E-state index contributed by atoms with van der Waals surface area (Å²) in [5, 5.41) is 0. The van der Waals surface area contributed by atoms with Gasteiger partial charge in [-0.2, -0.15) is 0 Å². The van der Waals surface area contributed by atoms with Gasteiger partial charge in [-0.3, -0.25) is 9.69 Å². The second-order valence-corrected chi connectivity index (χ2v) is 8.18. The Labute approximate surface area is 173 Å². The van der Waals surface area contributed by atoms with E-state index >= 15 is 0 Å². The highest BCUT2D eigenvalue weighted by molar-refractivity contribution is 14.1. The van der Waals surface area contributed by atoms with E-state index in [2.05, 4.69) is 41.3 Å². The molecule has 1 heterocycles. The number of rotatable bonds is 5. The monoisotopic (exact) mass is 482 g/mol. The Kier molecular flexibility index (Phi) is 6.70. The van der Waals surface area contributed by atoms with Crippen LogP contribution in [0.2, 0.25) is 0 Å². The van der Waals surface area contributed by atoms with Gasteiger partial charge < -0.3 is 9.64 Å². The quantitative estimate of drug-likeness (QED) is 0.606. The van der Waals surface area contributed by atoms with E-state index in [0.29, 0.717) is 6.54 Å². The number of hydrogen-bond acceptors (Lipinski definition) is 3. The topological polar surface area (TPSA) is 32.8 Å². The van der Waals surface area contributed by atoms with Gasteiger partial charge >= 0.3 is 0 Å². The van der Waals surface area contributed by atoms with Crippen LogP contribution >= 0.6 is 22.6 Å². The lowest BCUT2D eigenvalue weighted by atomic mass is 10.1. The van der Waals surface area contributed by atoms with Crippen LogP contribution in [-0.2, 0) is 11.3 Å². The van der Waals surface area contributed by atoms with Gasteiger partial charge in [0.05, 0.1) is 3.57 Å². The fourth-order valence-electron chi connectivity index (χ4n) is 3.37. The molecule has 6 heteroatoms. The fraction of sp³-hybridized carbons (Fsp3) is 0.381. The molecule has 1 aliphatic rings. The van der Waals surface area contributed by atoms with Crippen molar-refractivity contribution in [3.05, 3.63) is 63.5 Å². The first-order valence-corrected chi connectivity index (χ1v) is 10.2. The number of benzene rings is 2. The molecule has 1 saturated heterocycles. The molecule has 0 aliphatic carbocycles. The second-order valence-electron chi connectivity index (χ2n) is 7.02. The zero-order valence-electron chi connectivity index (χ0n) is 15.6. The predicted octanol–water partition coefficient (Wildman–Crippen LogP) is 3.93. The summed E-state index contributed by atoms with van der Waals surface area (Å²) in [6.07, 6.45) is 0. The average Bonchev–Trinajstić information content (AvgIpc) is 2.65. The third-order valence-electron chi connectivity index (χ3n) is 4.92. The van der Waals surface area contributed by atoms with Gasteiger partial charge in [-0.25, -0.2) is 4.39 Å². The zero-order chi connectivity index (χ0) is 19.4. The maximum absolute atomic E-state index is 13.1. The molecule has 2 unspecified atom stereocenters. The van der Waals surface area contributed by atoms with Crippen LogP contribution in [0, 0.1) is 9.39 Å². The Morgan fingerprint density at radius 2 is 1.81 bits per heavy atom. The molecular weight excluding hydrogens is 458 g/mol. The molecule has 0 aromatic heterocycles. The minimum Gasteiger partial charge on any atom is -0.483 e. The van der Waals surface area contributed by atoms with Crippen molar-refractivity contribution >= 4 is 28.5 Å². The first kappa shape index (κ1) is 20.1. The summed E-state index contributed by atoms with van der Waals surface area (Å²) in [6.45, 7) is 6.44. The molecule has 1 amide bonds. The van der Waals surface area contributed by atoms with E-state index in [1.165, 1.54) is 12.1 Å². The Morgan fingerprint density at radius 3 is 2.52 bits per heavy atom.